The normalized spacial score (nSPS) is 11.1. The summed E-state index contributed by atoms with van der Waals surface area (Å²) < 4.78 is 3.69. The van der Waals surface area contributed by atoms with E-state index in [2.05, 4.69) is 57.9 Å². The van der Waals surface area contributed by atoms with Gasteiger partial charge >= 0.3 is 5.69 Å². The summed E-state index contributed by atoms with van der Waals surface area (Å²) in [5.41, 5.74) is 7.16. The smallest absolute Gasteiger partial charge is 0.292 e. The lowest BCUT2D eigenvalue weighted by Gasteiger charge is -2.10. The van der Waals surface area contributed by atoms with Gasteiger partial charge in [-0.15, -0.1) is 10.2 Å². The number of rotatable bonds is 8. The summed E-state index contributed by atoms with van der Waals surface area (Å²) in [4.78, 5) is 13.5. The van der Waals surface area contributed by atoms with Crippen LogP contribution in [0, 0.1) is 6.92 Å². The van der Waals surface area contributed by atoms with E-state index in [9.17, 15) is 4.79 Å². The summed E-state index contributed by atoms with van der Waals surface area (Å²) in [6.07, 6.45) is 5.01. The molecule has 7 nitrogen and oxygen atoms in total. The van der Waals surface area contributed by atoms with Crippen LogP contribution >= 0.6 is 0 Å². The molecule has 2 heterocycles. The van der Waals surface area contributed by atoms with Gasteiger partial charge in [-0.1, -0.05) is 80.1 Å². The molecule has 35 heavy (non-hydrogen) atoms. The van der Waals surface area contributed by atoms with Crippen LogP contribution in [-0.4, -0.2) is 29.8 Å². The maximum Gasteiger partial charge on any atom is 0.333 e. The Labute approximate surface area is 204 Å². The molecule has 0 radical (unpaired) electrons. The van der Waals surface area contributed by atoms with Crippen molar-refractivity contribution in [2.24, 2.45) is 0 Å². The van der Waals surface area contributed by atoms with Crippen molar-refractivity contribution in [3.8, 4) is 28.2 Å². The fourth-order valence-corrected chi connectivity index (χ4v) is 4.44. The first-order chi connectivity index (χ1) is 17.2. The van der Waals surface area contributed by atoms with Gasteiger partial charge in [0, 0.05) is 17.5 Å². The number of aromatic amines is 1. The van der Waals surface area contributed by atoms with Crippen molar-refractivity contribution in [2.75, 3.05) is 0 Å². The number of imidazole rings is 1. The highest BCUT2D eigenvalue weighted by molar-refractivity contribution is 5.80. The average molecular weight is 465 g/mol. The number of hydrogen-bond donors (Lipinski definition) is 1. The molecule has 176 valence electrons. The van der Waals surface area contributed by atoms with Gasteiger partial charge in [-0.25, -0.2) is 4.79 Å². The summed E-state index contributed by atoms with van der Waals surface area (Å²) in [5.74, 6) is 0.564. The van der Waals surface area contributed by atoms with Crippen molar-refractivity contribution < 1.29 is 0 Å². The first-order valence-corrected chi connectivity index (χ1v) is 11.9. The lowest BCUT2D eigenvalue weighted by atomic mass is 9.98. The van der Waals surface area contributed by atoms with Crippen molar-refractivity contribution in [3.63, 3.8) is 0 Å². The average Bonchev–Trinajstić information content (AvgIpc) is 3.53. The third-order valence-corrected chi connectivity index (χ3v) is 6.34. The van der Waals surface area contributed by atoms with Gasteiger partial charge in [0.15, 0.2) is 0 Å². The first-order valence-electron chi connectivity index (χ1n) is 11.9. The van der Waals surface area contributed by atoms with E-state index in [4.69, 9.17) is 0 Å². The van der Waals surface area contributed by atoms with Gasteiger partial charge in [0.1, 0.15) is 0 Å². The number of unbranched alkanes of at least 4 members (excludes halogenated alkanes) is 1. The molecule has 0 bridgehead atoms. The summed E-state index contributed by atoms with van der Waals surface area (Å²) in [5, 5.41) is 14.5. The molecular formula is C28H28N6O. The number of aromatic nitrogens is 6. The molecule has 3 aromatic carbocycles. The van der Waals surface area contributed by atoms with E-state index >= 15 is 0 Å². The molecule has 0 atom stereocenters. The van der Waals surface area contributed by atoms with E-state index in [1.54, 1.807) is 4.57 Å². The molecule has 7 heteroatoms. The summed E-state index contributed by atoms with van der Waals surface area (Å²) in [6, 6.07) is 24.4. The third kappa shape index (κ3) is 4.57. The fourth-order valence-electron chi connectivity index (χ4n) is 4.44. The Morgan fingerprint density at radius 1 is 0.914 bits per heavy atom. The van der Waals surface area contributed by atoms with E-state index in [-0.39, 0.29) is 5.69 Å². The summed E-state index contributed by atoms with van der Waals surface area (Å²) in [6.45, 7) is 4.74. The minimum absolute atomic E-state index is 0.00284. The van der Waals surface area contributed by atoms with E-state index in [0.717, 1.165) is 58.5 Å². The van der Waals surface area contributed by atoms with Crippen LogP contribution in [0.1, 0.15) is 36.6 Å². The largest absolute Gasteiger partial charge is 0.333 e. The van der Waals surface area contributed by atoms with Crippen molar-refractivity contribution in [1.82, 2.24) is 29.8 Å². The predicted octanol–water partition coefficient (Wildman–Crippen LogP) is 5.19. The number of H-pyrrole nitrogens is 1. The second-order valence-electron chi connectivity index (χ2n) is 8.73. The number of tetrazole rings is 1. The zero-order valence-electron chi connectivity index (χ0n) is 20.0. The Morgan fingerprint density at radius 2 is 1.66 bits per heavy atom. The van der Waals surface area contributed by atoms with Crippen LogP contribution in [-0.2, 0) is 13.0 Å². The Balaban J connectivity index is 1.47. The van der Waals surface area contributed by atoms with Crippen LogP contribution in [0.5, 0.6) is 0 Å². The van der Waals surface area contributed by atoms with E-state index < -0.39 is 0 Å². The molecule has 0 aliphatic rings. The number of nitrogens with zero attached hydrogens (tertiary/aromatic N) is 5. The molecule has 0 saturated carbocycles. The number of benzene rings is 3. The standard InChI is InChI=1S/C28H28N6O/c1-3-4-10-23-19-34(26-13-8-5-9-20(26)2)28(35)33(23)18-21-14-16-22(17-15-21)24-11-6-7-12-25(24)27-29-31-32-30-27/h5-9,11-17,19H,3-4,10,18H2,1-2H3,(H,29,30,31,32). The molecule has 0 unspecified atom stereocenters. The zero-order chi connectivity index (χ0) is 24.2. The number of aryl methyl sites for hydroxylation is 2. The second-order valence-corrected chi connectivity index (χ2v) is 8.73. The molecule has 1 N–H and O–H groups in total. The Bertz CT molecular complexity index is 1480. The van der Waals surface area contributed by atoms with E-state index in [1.165, 1.54) is 0 Å². The van der Waals surface area contributed by atoms with Gasteiger partial charge in [0.2, 0.25) is 5.82 Å². The summed E-state index contributed by atoms with van der Waals surface area (Å²) in [7, 11) is 0. The molecule has 2 aromatic heterocycles. The molecule has 5 aromatic rings. The molecule has 0 aliphatic heterocycles. The molecule has 0 aliphatic carbocycles. The van der Waals surface area contributed by atoms with Crippen molar-refractivity contribution >= 4 is 0 Å². The Hall–Kier alpha value is -4.26. The SMILES string of the molecule is CCCCc1cn(-c2ccccc2C)c(=O)n1Cc1ccc(-c2ccccc2-c2nn[nH]n2)cc1. The van der Waals surface area contributed by atoms with Crippen LogP contribution in [0.2, 0.25) is 0 Å². The van der Waals surface area contributed by atoms with Crippen LogP contribution < -0.4 is 5.69 Å². The highest BCUT2D eigenvalue weighted by atomic mass is 16.1. The number of para-hydroxylation sites is 1. The van der Waals surface area contributed by atoms with Crippen LogP contribution in [0.4, 0.5) is 0 Å². The molecule has 0 fully saturated rings. The lowest BCUT2D eigenvalue weighted by Crippen LogP contribution is -2.25. The first kappa shape index (κ1) is 22.5. The Kier molecular flexibility index (Phi) is 6.39. The van der Waals surface area contributed by atoms with E-state index in [1.807, 2.05) is 60.2 Å². The number of hydrogen-bond acceptors (Lipinski definition) is 4. The predicted molar refractivity (Wildman–Crippen MR) is 138 cm³/mol. The second kappa shape index (κ2) is 9.93. The molecule has 0 spiro atoms. The lowest BCUT2D eigenvalue weighted by molar-refractivity contribution is 0.674. The van der Waals surface area contributed by atoms with Gasteiger partial charge in [-0.2, -0.15) is 5.21 Å². The summed E-state index contributed by atoms with van der Waals surface area (Å²) >= 11 is 0. The van der Waals surface area contributed by atoms with Gasteiger partial charge in [-0.3, -0.25) is 9.13 Å². The van der Waals surface area contributed by atoms with Crippen molar-refractivity contribution in [1.29, 1.82) is 0 Å². The van der Waals surface area contributed by atoms with Gasteiger partial charge in [0.05, 0.1) is 12.2 Å². The van der Waals surface area contributed by atoms with Crippen LogP contribution in [0.3, 0.4) is 0 Å². The maximum atomic E-state index is 13.5. The Morgan fingerprint density at radius 3 is 2.37 bits per heavy atom. The monoisotopic (exact) mass is 464 g/mol. The molecular weight excluding hydrogens is 436 g/mol. The minimum Gasteiger partial charge on any atom is -0.292 e. The van der Waals surface area contributed by atoms with Crippen LogP contribution in [0.15, 0.2) is 83.8 Å². The highest BCUT2D eigenvalue weighted by Crippen LogP contribution is 2.29. The van der Waals surface area contributed by atoms with E-state index in [0.29, 0.717) is 12.4 Å². The maximum absolute atomic E-state index is 13.5. The van der Waals surface area contributed by atoms with Gasteiger partial charge < -0.3 is 0 Å². The zero-order valence-corrected chi connectivity index (χ0v) is 20.0. The van der Waals surface area contributed by atoms with Gasteiger partial charge in [-0.05, 0) is 53.3 Å². The highest BCUT2D eigenvalue weighted by Gasteiger charge is 2.15. The third-order valence-electron chi connectivity index (χ3n) is 6.34. The molecule has 0 amide bonds. The number of nitrogens with one attached hydrogen (secondary N) is 1. The van der Waals surface area contributed by atoms with Crippen molar-refractivity contribution in [2.45, 2.75) is 39.7 Å². The fraction of sp³-hybridized carbons (Fsp3) is 0.214. The van der Waals surface area contributed by atoms with Crippen molar-refractivity contribution in [3.05, 3.63) is 106 Å². The quantitative estimate of drug-likeness (QED) is 0.343. The van der Waals surface area contributed by atoms with Crippen LogP contribution in [0.25, 0.3) is 28.2 Å². The van der Waals surface area contributed by atoms with Gasteiger partial charge in [0.25, 0.3) is 0 Å². The molecule has 5 rings (SSSR count). The minimum atomic E-state index is -0.00284. The topological polar surface area (TPSA) is 81.4 Å². The molecule has 0 saturated heterocycles.